The standard InChI is InChI=1S/C29H46N7O10P/c1-16(25(38)44-18-10-6-5-7-11-18)34-47(41,35-17(2)26(39)45-19-12-8-9-13-19)43-14-20-22(37)29(3,40)27(46-20)36-15-31-21-23(36)32-28(30)33-24(21)42-4/h15-20,22,27,37,40H,5-14H2,1-4H3,(H2,30,32,33)(H2,34,35,41). The topological polar surface area (TPSA) is 231 Å². The Kier molecular flexibility index (Phi) is 11.1. The lowest BCUT2D eigenvalue weighted by Gasteiger charge is -2.29. The van der Waals surface area contributed by atoms with Crippen LogP contribution in [0.3, 0.4) is 0 Å². The summed E-state index contributed by atoms with van der Waals surface area (Å²) in [6.45, 7) is 3.80. The molecule has 5 rings (SSSR count). The summed E-state index contributed by atoms with van der Waals surface area (Å²) in [6, 6.07) is -2.17. The van der Waals surface area contributed by atoms with Crippen LogP contribution >= 0.6 is 7.67 Å². The van der Waals surface area contributed by atoms with Crippen molar-refractivity contribution in [3.05, 3.63) is 6.33 Å². The monoisotopic (exact) mass is 683 g/mol. The number of fused-ring (bicyclic) bond motifs is 1. The highest BCUT2D eigenvalue weighted by atomic mass is 31.2. The Morgan fingerprint density at radius 1 is 1.06 bits per heavy atom. The van der Waals surface area contributed by atoms with Crippen molar-refractivity contribution >= 4 is 36.7 Å². The van der Waals surface area contributed by atoms with Gasteiger partial charge in [0, 0.05) is 0 Å². The number of hydrogen-bond donors (Lipinski definition) is 5. The number of nitrogens with two attached hydrogens (primary N) is 1. The minimum atomic E-state index is -4.24. The van der Waals surface area contributed by atoms with Crippen molar-refractivity contribution < 1.29 is 47.8 Å². The number of ether oxygens (including phenoxy) is 4. The predicted molar refractivity (Wildman–Crippen MR) is 167 cm³/mol. The van der Waals surface area contributed by atoms with E-state index in [0.29, 0.717) is 0 Å². The van der Waals surface area contributed by atoms with Gasteiger partial charge in [0.15, 0.2) is 17.4 Å². The zero-order valence-electron chi connectivity index (χ0n) is 27.2. The number of nitrogens with zero attached hydrogens (tertiary/aromatic N) is 4. The van der Waals surface area contributed by atoms with E-state index in [1.165, 1.54) is 38.8 Å². The lowest BCUT2D eigenvalue weighted by atomic mass is 9.96. The maximum absolute atomic E-state index is 14.3. The van der Waals surface area contributed by atoms with Crippen molar-refractivity contribution in [2.45, 2.75) is 127 Å². The molecule has 3 heterocycles. The Bertz CT molecular complexity index is 1460. The number of hydrogen-bond acceptors (Lipinski definition) is 14. The lowest BCUT2D eigenvalue weighted by molar-refractivity contribution is -0.152. The normalized spacial score (nSPS) is 28.2. The van der Waals surface area contributed by atoms with Crippen LogP contribution in [0.4, 0.5) is 5.95 Å². The second-order valence-corrected chi connectivity index (χ2v) is 14.6. The van der Waals surface area contributed by atoms with Crippen molar-refractivity contribution in [2.24, 2.45) is 0 Å². The highest BCUT2D eigenvalue weighted by Crippen LogP contribution is 2.44. The average Bonchev–Trinajstić information content (AvgIpc) is 3.75. The summed E-state index contributed by atoms with van der Waals surface area (Å²) in [6.07, 6.45) is 4.82. The van der Waals surface area contributed by atoms with Gasteiger partial charge >= 0.3 is 19.6 Å². The number of aliphatic hydroxyl groups excluding tert-OH is 1. The van der Waals surface area contributed by atoms with Gasteiger partial charge in [-0.25, -0.2) is 15.2 Å². The van der Waals surface area contributed by atoms with Gasteiger partial charge in [-0.2, -0.15) is 9.97 Å². The first-order valence-corrected chi connectivity index (χ1v) is 17.7. The molecule has 2 saturated carbocycles. The molecule has 0 aromatic carbocycles. The van der Waals surface area contributed by atoms with E-state index in [4.69, 9.17) is 29.2 Å². The number of carbonyl (C=O) groups is 2. The number of nitrogen functional groups attached to an aromatic ring is 1. The zero-order chi connectivity index (χ0) is 33.9. The van der Waals surface area contributed by atoms with Gasteiger partial charge in [0.05, 0.1) is 20.0 Å². The maximum atomic E-state index is 14.3. The van der Waals surface area contributed by atoms with Crippen LogP contribution in [0, 0.1) is 0 Å². The van der Waals surface area contributed by atoms with E-state index >= 15 is 0 Å². The molecule has 2 aromatic heterocycles. The van der Waals surface area contributed by atoms with Crippen LogP contribution in [-0.2, 0) is 32.9 Å². The number of imidazole rings is 1. The van der Waals surface area contributed by atoms with Gasteiger partial charge in [-0.1, -0.05) is 6.42 Å². The van der Waals surface area contributed by atoms with Gasteiger partial charge in [0.2, 0.25) is 11.8 Å². The molecule has 0 spiro atoms. The summed E-state index contributed by atoms with van der Waals surface area (Å²) in [4.78, 5) is 38.3. The Labute approximate surface area is 272 Å². The summed E-state index contributed by atoms with van der Waals surface area (Å²) >= 11 is 0. The molecular formula is C29H46N7O10P. The molecule has 2 aliphatic carbocycles. The largest absolute Gasteiger partial charge is 0.479 e. The molecule has 18 heteroatoms. The number of methoxy groups -OCH3 is 1. The van der Waals surface area contributed by atoms with Gasteiger partial charge < -0.3 is 39.4 Å². The van der Waals surface area contributed by atoms with E-state index < -0.39 is 62.3 Å². The first-order chi connectivity index (χ1) is 22.3. The first-order valence-electron chi connectivity index (χ1n) is 16.1. The van der Waals surface area contributed by atoms with Crippen LogP contribution in [0.5, 0.6) is 5.88 Å². The highest BCUT2D eigenvalue weighted by molar-refractivity contribution is 7.54. The summed E-state index contributed by atoms with van der Waals surface area (Å²) in [5, 5.41) is 27.9. The van der Waals surface area contributed by atoms with Crippen LogP contribution in [0.15, 0.2) is 6.33 Å². The van der Waals surface area contributed by atoms with Crippen LogP contribution < -0.4 is 20.6 Å². The van der Waals surface area contributed by atoms with Gasteiger partial charge in [0.1, 0.15) is 42.1 Å². The number of aliphatic hydroxyl groups is 2. The molecule has 1 aliphatic heterocycles. The number of carbonyl (C=O) groups excluding carboxylic acids is 2. The molecule has 0 radical (unpaired) electrons. The van der Waals surface area contributed by atoms with Crippen molar-refractivity contribution in [1.29, 1.82) is 0 Å². The maximum Gasteiger partial charge on any atom is 0.342 e. The lowest BCUT2D eigenvalue weighted by Crippen LogP contribution is -2.46. The fourth-order valence-corrected chi connectivity index (χ4v) is 8.04. The molecule has 47 heavy (non-hydrogen) atoms. The molecule has 3 aliphatic rings. The van der Waals surface area contributed by atoms with Gasteiger partial charge in [-0.3, -0.25) is 18.7 Å². The molecule has 262 valence electrons. The third kappa shape index (κ3) is 8.04. The number of anilines is 1. The second kappa shape index (κ2) is 14.7. The summed E-state index contributed by atoms with van der Waals surface area (Å²) in [7, 11) is -2.85. The van der Waals surface area contributed by atoms with Gasteiger partial charge in [-0.05, 0) is 72.1 Å². The Hall–Kier alpha value is -2.92. The quantitative estimate of drug-likeness (QED) is 0.150. The molecule has 0 amide bonds. The fourth-order valence-electron chi connectivity index (χ4n) is 6.23. The molecule has 17 nitrogen and oxygen atoms in total. The Morgan fingerprint density at radius 3 is 2.17 bits per heavy atom. The number of nitrogens with one attached hydrogen (secondary N) is 2. The number of aromatic nitrogens is 4. The van der Waals surface area contributed by atoms with Gasteiger partial charge in [0.25, 0.3) is 0 Å². The molecule has 1 saturated heterocycles. The minimum Gasteiger partial charge on any atom is -0.479 e. The third-order valence-corrected chi connectivity index (χ3v) is 10.8. The fraction of sp³-hybridized carbons (Fsp3) is 0.759. The summed E-state index contributed by atoms with van der Waals surface area (Å²) in [5.41, 5.74) is 4.36. The van der Waals surface area contributed by atoms with Crippen molar-refractivity contribution in [3.63, 3.8) is 0 Å². The summed E-state index contributed by atoms with van der Waals surface area (Å²) < 4.78 is 44.0. The molecule has 7 atom stereocenters. The molecule has 0 bridgehead atoms. The second-order valence-electron chi connectivity index (χ2n) is 12.7. The number of rotatable bonds is 13. The Morgan fingerprint density at radius 2 is 1.62 bits per heavy atom. The van der Waals surface area contributed by atoms with Crippen molar-refractivity contribution in [2.75, 3.05) is 19.5 Å². The molecule has 7 unspecified atom stereocenters. The van der Waals surface area contributed by atoms with E-state index in [-0.39, 0.29) is 35.2 Å². The van der Waals surface area contributed by atoms with Crippen LogP contribution in [0.1, 0.15) is 84.8 Å². The third-order valence-electron chi connectivity index (χ3n) is 8.88. The summed E-state index contributed by atoms with van der Waals surface area (Å²) in [5.74, 6) is -1.24. The molecule has 2 aromatic rings. The minimum absolute atomic E-state index is 0.107. The van der Waals surface area contributed by atoms with E-state index in [1.54, 1.807) is 0 Å². The van der Waals surface area contributed by atoms with E-state index in [0.717, 1.165) is 57.8 Å². The molecule has 6 N–H and O–H groups in total. The van der Waals surface area contributed by atoms with Crippen LogP contribution in [-0.4, -0.2) is 97.5 Å². The van der Waals surface area contributed by atoms with E-state index in [2.05, 4.69) is 25.1 Å². The molecule has 3 fully saturated rings. The van der Waals surface area contributed by atoms with E-state index in [9.17, 15) is 24.4 Å². The van der Waals surface area contributed by atoms with Gasteiger partial charge in [-0.15, -0.1) is 0 Å². The average molecular weight is 684 g/mol. The van der Waals surface area contributed by atoms with E-state index in [1.807, 2.05) is 0 Å². The first kappa shape index (κ1) is 35.4. The smallest absolute Gasteiger partial charge is 0.342 e. The Balaban J connectivity index is 1.31. The zero-order valence-corrected chi connectivity index (χ0v) is 28.1. The SMILES string of the molecule is COc1nc(N)nc2c1ncn2C1OC(COP(=O)(NC(C)C(=O)OC2CCCCC2)NC(C)C(=O)OC2CCCC2)C(O)C1(C)O. The van der Waals surface area contributed by atoms with Crippen molar-refractivity contribution in [1.82, 2.24) is 29.7 Å². The predicted octanol–water partition coefficient (Wildman–Crippen LogP) is 1.87. The van der Waals surface area contributed by atoms with Crippen LogP contribution in [0.2, 0.25) is 0 Å². The van der Waals surface area contributed by atoms with Crippen LogP contribution in [0.25, 0.3) is 11.2 Å². The van der Waals surface area contributed by atoms with Crippen molar-refractivity contribution in [3.8, 4) is 5.88 Å². The number of esters is 2. The molecular weight excluding hydrogens is 637 g/mol. The highest BCUT2D eigenvalue weighted by Gasteiger charge is 2.54.